The van der Waals surface area contributed by atoms with E-state index in [1.165, 1.54) is 0 Å². The van der Waals surface area contributed by atoms with Gasteiger partial charge in [-0.25, -0.2) is 0 Å². The van der Waals surface area contributed by atoms with E-state index in [2.05, 4.69) is 9.88 Å². The lowest BCUT2D eigenvalue weighted by molar-refractivity contribution is -0.147. The summed E-state index contributed by atoms with van der Waals surface area (Å²) in [5, 5.41) is 0. The van der Waals surface area contributed by atoms with Gasteiger partial charge in [-0.2, -0.15) is 0 Å². The van der Waals surface area contributed by atoms with Crippen molar-refractivity contribution in [3.8, 4) is 0 Å². The minimum absolute atomic E-state index is 0.0556. The fourth-order valence-corrected chi connectivity index (χ4v) is 4.89. The van der Waals surface area contributed by atoms with Crippen LogP contribution in [0.3, 0.4) is 0 Å². The van der Waals surface area contributed by atoms with E-state index in [1.54, 1.807) is 12.4 Å². The zero-order chi connectivity index (χ0) is 18.7. The van der Waals surface area contributed by atoms with E-state index in [0.717, 1.165) is 57.3 Å². The summed E-state index contributed by atoms with van der Waals surface area (Å²) in [5.41, 5.74) is 1.17. The molecule has 1 spiro atoms. The number of hydrogen-bond acceptors (Lipinski definition) is 4. The molecule has 1 aromatic rings. The quantitative estimate of drug-likeness (QED) is 0.817. The van der Waals surface area contributed by atoms with Crippen LogP contribution in [0.5, 0.6) is 0 Å². The van der Waals surface area contributed by atoms with Crippen LogP contribution in [0, 0.1) is 11.3 Å². The zero-order valence-corrected chi connectivity index (χ0v) is 15.9. The Bertz CT molecular complexity index is 675. The van der Waals surface area contributed by atoms with Crippen LogP contribution in [0.4, 0.5) is 0 Å². The highest BCUT2D eigenvalue weighted by Crippen LogP contribution is 2.40. The van der Waals surface area contributed by atoms with Crippen LogP contribution in [0.25, 0.3) is 0 Å². The lowest BCUT2D eigenvalue weighted by Crippen LogP contribution is -2.55. The Labute approximate surface area is 160 Å². The van der Waals surface area contributed by atoms with E-state index in [-0.39, 0.29) is 17.2 Å². The zero-order valence-electron chi connectivity index (χ0n) is 15.9. The first-order valence-corrected chi connectivity index (χ1v) is 10.2. The number of aromatic nitrogens is 1. The lowest BCUT2D eigenvalue weighted by Gasteiger charge is -2.49. The highest BCUT2D eigenvalue weighted by Gasteiger charge is 2.43. The summed E-state index contributed by atoms with van der Waals surface area (Å²) in [6.07, 6.45) is 8.85. The molecule has 1 unspecified atom stereocenters. The molecule has 0 aromatic carbocycles. The van der Waals surface area contributed by atoms with Gasteiger partial charge in [0.1, 0.15) is 0 Å². The Hall–Kier alpha value is -1.95. The van der Waals surface area contributed by atoms with Crippen LogP contribution < -0.4 is 0 Å². The van der Waals surface area contributed by atoms with E-state index in [1.807, 2.05) is 17.0 Å². The normalized spacial score (nSPS) is 27.2. The van der Waals surface area contributed by atoms with Crippen molar-refractivity contribution < 1.29 is 14.3 Å². The number of ether oxygens (including phenoxy) is 1. The summed E-state index contributed by atoms with van der Waals surface area (Å²) in [5.74, 6) is 0.646. The van der Waals surface area contributed by atoms with Crippen molar-refractivity contribution in [2.24, 2.45) is 11.3 Å². The first-order valence-electron chi connectivity index (χ1n) is 10.2. The molecular formula is C21H29N3O3. The Balaban J connectivity index is 1.43. The van der Waals surface area contributed by atoms with E-state index < -0.39 is 0 Å². The molecule has 0 bridgehead atoms. The maximum absolute atomic E-state index is 13.0. The Kier molecular flexibility index (Phi) is 5.43. The standard InChI is InChI=1S/C21H29N3O3/c25-19-2-8-21(16-24(19)14-17-3-9-22-10-4-17)7-1-11-23(15-21)20(26)18-5-12-27-13-6-18/h3-4,9-10,18H,1-2,5-8,11-16H2. The van der Waals surface area contributed by atoms with Gasteiger partial charge >= 0.3 is 0 Å². The lowest BCUT2D eigenvalue weighted by atomic mass is 9.73. The molecule has 0 radical (unpaired) electrons. The van der Waals surface area contributed by atoms with Crippen LogP contribution in [0.15, 0.2) is 24.5 Å². The first kappa shape index (κ1) is 18.4. The van der Waals surface area contributed by atoms with Crippen molar-refractivity contribution in [2.75, 3.05) is 32.8 Å². The Morgan fingerprint density at radius 2 is 1.96 bits per heavy atom. The summed E-state index contributed by atoms with van der Waals surface area (Å²) < 4.78 is 5.41. The van der Waals surface area contributed by atoms with Crippen molar-refractivity contribution in [2.45, 2.75) is 45.1 Å². The molecule has 3 aliphatic heterocycles. The second-order valence-corrected chi connectivity index (χ2v) is 8.36. The summed E-state index contributed by atoms with van der Waals surface area (Å²) in [4.78, 5) is 33.6. The first-order chi connectivity index (χ1) is 13.2. The third kappa shape index (κ3) is 4.15. The number of piperidine rings is 2. The van der Waals surface area contributed by atoms with Gasteiger partial charge in [0, 0.05) is 69.5 Å². The number of rotatable bonds is 3. The number of carbonyl (C=O) groups is 2. The number of carbonyl (C=O) groups excluding carboxylic acids is 2. The van der Waals surface area contributed by atoms with Crippen LogP contribution in [0.2, 0.25) is 0 Å². The van der Waals surface area contributed by atoms with Crippen molar-refractivity contribution in [3.05, 3.63) is 30.1 Å². The maximum atomic E-state index is 13.0. The molecule has 3 saturated heterocycles. The summed E-state index contributed by atoms with van der Waals surface area (Å²) in [7, 11) is 0. The van der Waals surface area contributed by atoms with Gasteiger partial charge in [-0.3, -0.25) is 14.6 Å². The molecular weight excluding hydrogens is 342 g/mol. The Morgan fingerprint density at radius 3 is 2.74 bits per heavy atom. The number of pyridine rings is 1. The summed E-state index contributed by atoms with van der Waals surface area (Å²) >= 11 is 0. The SMILES string of the molecule is O=C1CCC2(CCCN(C(=O)C3CCOCC3)C2)CN1Cc1ccncc1. The molecule has 4 heterocycles. The van der Waals surface area contributed by atoms with Crippen molar-refractivity contribution in [1.82, 2.24) is 14.8 Å². The molecule has 0 N–H and O–H groups in total. The molecule has 146 valence electrons. The molecule has 0 aliphatic carbocycles. The largest absolute Gasteiger partial charge is 0.381 e. The fraction of sp³-hybridized carbons (Fsp3) is 0.667. The predicted molar refractivity (Wildman–Crippen MR) is 101 cm³/mol. The molecule has 3 aliphatic rings. The maximum Gasteiger partial charge on any atom is 0.225 e. The number of hydrogen-bond donors (Lipinski definition) is 0. The van der Waals surface area contributed by atoms with Gasteiger partial charge in [-0.15, -0.1) is 0 Å². The van der Waals surface area contributed by atoms with Crippen LogP contribution >= 0.6 is 0 Å². The topological polar surface area (TPSA) is 62.7 Å². The van der Waals surface area contributed by atoms with Crippen molar-refractivity contribution in [3.63, 3.8) is 0 Å². The van der Waals surface area contributed by atoms with Gasteiger partial charge in [0.25, 0.3) is 0 Å². The van der Waals surface area contributed by atoms with E-state index in [0.29, 0.717) is 32.1 Å². The molecule has 2 amide bonds. The number of nitrogens with zero attached hydrogens (tertiary/aromatic N) is 3. The smallest absolute Gasteiger partial charge is 0.225 e. The highest BCUT2D eigenvalue weighted by atomic mass is 16.5. The molecule has 6 heteroatoms. The minimum atomic E-state index is 0.0556. The fourth-order valence-electron chi connectivity index (χ4n) is 4.89. The molecule has 6 nitrogen and oxygen atoms in total. The van der Waals surface area contributed by atoms with Gasteiger partial charge in [0.05, 0.1) is 0 Å². The Morgan fingerprint density at radius 1 is 1.19 bits per heavy atom. The number of likely N-dealkylation sites (tertiary alicyclic amines) is 2. The van der Waals surface area contributed by atoms with Gasteiger partial charge in [-0.1, -0.05) is 0 Å². The molecule has 0 saturated carbocycles. The molecule has 1 aromatic heterocycles. The van der Waals surface area contributed by atoms with Crippen molar-refractivity contribution in [1.29, 1.82) is 0 Å². The van der Waals surface area contributed by atoms with Gasteiger partial charge < -0.3 is 14.5 Å². The van der Waals surface area contributed by atoms with Crippen molar-refractivity contribution >= 4 is 11.8 Å². The van der Waals surface area contributed by atoms with E-state index in [4.69, 9.17) is 4.74 Å². The van der Waals surface area contributed by atoms with Crippen LogP contribution in [-0.4, -0.2) is 59.4 Å². The third-order valence-corrected chi connectivity index (χ3v) is 6.41. The monoisotopic (exact) mass is 371 g/mol. The average Bonchev–Trinajstić information content (AvgIpc) is 2.72. The number of amides is 2. The second kappa shape index (κ2) is 7.97. The summed E-state index contributed by atoms with van der Waals surface area (Å²) in [6.45, 7) is 4.44. The van der Waals surface area contributed by atoms with Gasteiger partial charge in [0.15, 0.2) is 0 Å². The highest BCUT2D eigenvalue weighted by molar-refractivity contribution is 5.79. The van der Waals surface area contributed by atoms with Gasteiger partial charge in [0.2, 0.25) is 11.8 Å². The van der Waals surface area contributed by atoms with Crippen LogP contribution in [0.1, 0.15) is 44.1 Å². The average molecular weight is 371 g/mol. The van der Waals surface area contributed by atoms with Gasteiger partial charge in [-0.05, 0) is 49.8 Å². The molecule has 4 rings (SSSR count). The minimum Gasteiger partial charge on any atom is -0.381 e. The predicted octanol–water partition coefficient (Wildman–Crippen LogP) is 2.24. The van der Waals surface area contributed by atoms with E-state index in [9.17, 15) is 9.59 Å². The molecule has 27 heavy (non-hydrogen) atoms. The van der Waals surface area contributed by atoms with Crippen LogP contribution in [-0.2, 0) is 20.9 Å². The molecule has 1 atom stereocenters. The molecule has 3 fully saturated rings. The third-order valence-electron chi connectivity index (χ3n) is 6.41. The second-order valence-electron chi connectivity index (χ2n) is 8.36. The van der Waals surface area contributed by atoms with E-state index >= 15 is 0 Å². The summed E-state index contributed by atoms with van der Waals surface area (Å²) in [6, 6.07) is 3.94.